The molecular formula is C9H20BrNS. The fraction of sp³-hybridized carbons (Fsp3) is 1.00. The number of alkyl halides is 1. The van der Waals surface area contributed by atoms with Crippen molar-refractivity contribution in [3.8, 4) is 0 Å². The van der Waals surface area contributed by atoms with Crippen molar-refractivity contribution in [1.29, 1.82) is 0 Å². The summed E-state index contributed by atoms with van der Waals surface area (Å²) >= 11 is 5.37. The van der Waals surface area contributed by atoms with Crippen molar-refractivity contribution in [2.24, 2.45) is 0 Å². The number of unbranched alkanes of at least 4 members (excludes halogenated alkanes) is 2. The van der Waals surface area contributed by atoms with Crippen molar-refractivity contribution in [3.63, 3.8) is 0 Å². The first kappa shape index (κ1) is 12.8. The molecule has 0 amide bonds. The minimum absolute atomic E-state index is 1.15. The van der Waals surface area contributed by atoms with E-state index < -0.39 is 0 Å². The van der Waals surface area contributed by atoms with Gasteiger partial charge in [-0.25, -0.2) is 0 Å². The van der Waals surface area contributed by atoms with Crippen LogP contribution in [0.5, 0.6) is 0 Å². The van der Waals surface area contributed by atoms with Gasteiger partial charge in [0.25, 0.3) is 0 Å². The van der Waals surface area contributed by atoms with Crippen molar-refractivity contribution >= 4 is 27.7 Å². The molecule has 0 spiro atoms. The van der Waals surface area contributed by atoms with Crippen LogP contribution in [0.15, 0.2) is 0 Å². The number of halogens is 1. The maximum absolute atomic E-state index is 3.44. The molecule has 0 aromatic carbocycles. The van der Waals surface area contributed by atoms with Gasteiger partial charge in [0.2, 0.25) is 0 Å². The lowest BCUT2D eigenvalue weighted by Crippen LogP contribution is -2.22. The second kappa shape index (κ2) is 9.87. The van der Waals surface area contributed by atoms with Gasteiger partial charge in [-0.05, 0) is 32.7 Å². The van der Waals surface area contributed by atoms with Crippen LogP contribution in [0, 0.1) is 0 Å². The van der Waals surface area contributed by atoms with E-state index >= 15 is 0 Å². The number of hydrogen-bond acceptors (Lipinski definition) is 2. The number of thioether (sulfide) groups is 1. The minimum atomic E-state index is 1.15. The van der Waals surface area contributed by atoms with Gasteiger partial charge >= 0.3 is 0 Å². The molecule has 0 bridgehead atoms. The molecule has 0 saturated carbocycles. The van der Waals surface area contributed by atoms with Crippen LogP contribution in [0.25, 0.3) is 0 Å². The Kier molecular flexibility index (Phi) is 10.5. The molecule has 0 aliphatic heterocycles. The zero-order chi connectivity index (χ0) is 9.23. The predicted octanol–water partition coefficient (Wildman–Crippen LogP) is 2.85. The van der Waals surface area contributed by atoms with Crippen LogP contribution in [0.3, 0.4) is 0 Å². The largest absolute Gasteiger partial charge is 0.306 e. The van der Waals surface area contributed by atoms with Crippen molar-refractivity contribution in [1.82, 2.24) is 4.90 Å². The standard InChI is InChI=1S/C9H20BrNS/c1-11(8-9-12-2)7-5-3-4-6-10/h3-9H2,1-2H3. The Hall–Kier alpha value is 0.790. The topological polar surface area (TPSA) is 3.24 Å². The van der Waals surface area contributed by atoms with Gasteiger partial charge in [-0.2, -0.15) is 11.8 Å². The van der Waals surface area contributed by atoms with Crippen molar-refractivity contribution < 1.29 is 0 Å². The Morgan fingerprint density at radius 2 is 1.92 bits per heavy atom. The van der Waals surface area contributed by atoms with Gasteiger partial charge < -0.3 is 4.90 Å². The highest BCUT2D eigenvalue weighted by molar-refractivity contribution is 9.09. The SMILES string of the molecule is CSCCN(C)CCCCCBr. The Labute approximate surface area is 89.4 Å². The number of rotatable bonds is 8. The van der Waals surface area contributed by atoms with E-state index in [2.05, 4.69) is 34.1 Å². The Balaban J connectivity index is 3.02. The van der Waals surface area contributed by atoms with E-state index in [1.54, 1.807) is 0 Å². The molecule has 0 atom stereocenters. The summed E-state index contributed by atoms with van der Waals surface area (Å²) < 4.78 is 0. The van der Waals surface area contributed by atoms with Gasteiger partial charge in [0, 0.05) is 17.6 Å². The zero-order valence-electron chi connectivity index (χ0n) is 8.18. The first-order chi connectivity index (χ1) is 5.81. The molecule has 3 heteroatoms. The molecule has 0 aliphatic rings. The molecule has 0 rings (SSSR count). The van der Waals surface area contributed by atoms with E-state index in [1.165, 1.54) is 38.1 Å². The van der Waals surface area contributed by atoms with Gasteiger partial charge in [-0.3, -0.25) is 0 Å². The molecule has 0 fully saturated rings. The number of nitrogens with zero attached hydrogens (tertiary/aromatic N) is 1. The summed E-state index contributed by atoms with van der Waals surface area (Å²) in [5.41, 5.74) is 0. The molecule has 0 aliphatic carbocycles. The van der Waals surface area contributed by atoms with Gasteiger partial charge in [0.1, 0.15) is 0 Å². The van der Waals surface area contributed by atoms with Crippen molar-refractivity contribution in [3.05, 3.63) is 0 Å². The van der Waals surface area contributed by atoms with Gasteiger partial charge in [0.05, 0.1) is 0 Å². The summed E-state index contributed by atoms with van der Waals surface area (Å²) in [7, 11) is 2.21. The molecular weight excluding hydrogens is 234 g/mol. The molecule has 0 saturated heterocycles. The molecule has 12 heavy (non-hydrogen) atoms. The third-order valence-corrected chi connectivity index (χ3v) is 3.00. The fourth-order valence-electron chi connectivity index (χ4n) is 1.01. The van der Waals surface area contributed by atoms with Crippen molar-refractivity contribution in [2.45, 2.75) is 19.3 Å². The molecule has 0 aromatic rings. The monoisotopic (exact) mass is 253 g/mol. The summed E-state index contributed by atoms with van der Waals surface area (Å²) in [5, 5.41) is 1.15. The second-order valence-corrected chi connectivity index (χ2v) is 4.82. The molecule has 0 aromatic heterocycles. The number of hydrogen-bond donors (Lipinski definition) is 0. The van der Waals surface area contributed by atoms with Gasteiger partial charge in [0.15, 0.2) is 0 Å². The molecule has 74 valence electrons. The Bertz CT molecular complexity index is 90.6. The molecule has 0 heterocycles. The maximum Gasteiger partial charge on any atom is 0.00692 e. The van der Waals surface area contributed by atoms with E-state index in [-0.39, 0.29) is 0 Å². The average Bonchev–Trinajstić information content (AvgIpc) is 2.09. The lowest BCUT2D eigenvalue weighted by molar-refractivity contribution is 0.346. The summed E-state index contributed by atoms with van der Waals surface area (Å²) in [6, 6.07) is 0. The highest BCUT2D eigenvalue weighted by Gasteiger charge is 1.96. The fourth-order valence-corrected chi connectivity index (χ4v) is 1.90. The van der Waals surface area contributed by atoms with Crippen LogP contribution in [0.2, 0.25) is 0 Å². The van der Waals surface area contributed by atoms with E-state index in [4.69, 9.17) is 0 Å². The zero-order valence-corrected chi connectivity index (χ0v) is 10.6. The van der Waals surface area contributed by atoms with Crippen LogP contribution in [-0.4, -0.2) is 42.4 Å². The van der Waals surface area contributed by atoms with Gasteiger partial charge in [-0.15, -0.1) is 0 Å². The average molecular weight is 254 g/mol. The summed E-state index contributed by atoms with van der Waals surface area (Å²) in [4.78, 5) is 2.42. The van der Waals surface area contributed by atoms with Crippen LogP contribution < -0.4 is 0 Å². The Morgan fingerprint density at radius 3 is 2.50 bits per heavy atom. The quantitative estimate of drug-likeness (QED) is 0.484. The summed E-state index contributed by atoms with van der Waals surface area (Å²) in [5.74, 6) is 1.26. The molecule has 0 radical (unpaired) electrons. The first-order valence-electron chi connectivity index (χ1n) is 4.54. The lowest BCUT2D eigenvalue weighted by Gasteiger charge is -2.15. The van der Waals surface area contributed by atoms with E-state index in [0.717, 1.165) is 5.33 Å². The van der Waals surface area contributed by atoms with Crippen LogP contribution >= 0.6 is 27.7 Å². The van der Waals surface area contributed by atoms with E-state index in [0.29, 0.717) is 0 Å². The first-order valence-corrected chi connectivity index (χ1v) is 7.06. The summed E-state index contributed by atoms with van der Waals surface area (Å²) in [6.07, 6.45) is 6.18. The maximum atomic E-state index is 3.44. The Morgan fingerprint density at radius 1 is 1.17 bits per heavy atom. The van der Waals surface area contributed by atoms with Crippen LogP contribution in [0.1, 0.15) is 19.3 Å². The van der Waals surface area contributed by atoms with Crippen LogP contribution in [0.4, 0.5) is 0 Å². The highest BCUT2D eigenvalue weighted by atomic mass is 79.9. The molecule has 0 N–H and O–H groups in total. The second-order valence-electron chi connectivity index (χ2n) is 3.05. The normalized spacial score (nSPS) is 11.0. The molecule has 0 unspecified atom stereocenters. The van der Waals surface area contributed by atoms with E-state index in [9.17, 15) is 0 Å². The van der Waals surface area contributed by atoms with E-state index in [1.807, 2.05) is 11.8 Å². The summed E-state index contributed by atoms with van der Waals surface area (Å²) in [6.45, 7) is 2.49. The third kappa shape index (κ3) is 8.88. The smallest absolute Gasteiger partial charge is 0.00692 e. The van der Waals surface area contributed by atoms with Crippen LogP contribution in [-0.2, 0) is 0 Å². The van der Waals surface area contributed by atoms with Crippen molar-refractivity contribution in [2.75, 3.05) is 37.5 Å². The molecule has 1 nitrogen and oxygen atoms in total. The highest BCUT2D eigenvalue weighted by Crippen LogP contribution is 2.00. The van der Waals surface area contributed by atoms with Gasteiger partial charge in [-0.1, -0.05) is 22.4 Å². The minimum Gasteiger partial charge on any atom is -0.306 e. The predicted molar refractivity (Wildman–Crippen MR) is 63.5 cm³/mol. The third-order valence-electron chi connectivity index (χ3n) is 1.85. The lowest BCUT2D eigenvalue weighted by atomic mass is 10.2.